The molecule has 42 heavy (non-hydrogen) atoms. The van der Waals surface area contributed by atoms with Gasteiger partial charge in [-0.2, -0.15) is 0 Å². The predicted octanol–water partition coefficient (Wildman–Crippen LogP) is 0.914. The number of aliphatic hydroxyl groups excluding tert-OH is 2. The quantitative estimate of drug-likeness (QED) is 0.251. The second-order valence-electron chi connectivity index (χ2n) is 13.6. The average molecular weight is 587 g/mol. The smallest absolute Gasteiger partial charge is 0.335 e. The van der Waals surface area contributed by atoms with Crippen molar-refractivity contribution in [3.05, 3.63) is 11.6 Å². The first kappa shape index (κ1) is 30.0. The minimum atomic E-state index is -0.660. The van der Waals surface area contributed by atoms with Gasteiger partial charge in [0.15, 0.2) is 5.78 Å². The van der Waals surface area contributed by atoms with Gasteiger partial charge < -0.3 is 29.7 Å². The molecular weight excluding hydrogens is 540 g/mol. The Morgan fingerprint density at radius 2 is 2.05 bits per heavy atom. The standard InChI is InChI=1S/C31H46N4O7/c1-19(22(37)15-27-32-7-8-33-27)34-21(20-5-11-41-28(20)39)14-24-29(2)6-4-26(38)30(3,17-36)23(29)16-25(31(24)18-42-31)35-9-12-40-13-10-35/h5,7,19,21,23-26,34,36,38H,4,6,8-18H2,1-3H3/t19?,21?,23?,24?,25?,26-,29+,30+,31?/m1/s1. The van der Waals surface area contributed by atoms with Crippen LogP contribution < -0.4 is 5.32 Å². The van der Waals surface area contributed by atoms with Gasteiger partial charge in [-0.25, -0.2) is 9.79 Å². The SMILES string of the molecule is CC(NC(CC1C2(CO2)C(N2CCOCC2)CC2[C@]1(C)CC[C@@H](O)[C@@]2(C)CO)C1=CCOC1=O)C(=O)CC1=NCC=N1. The topological polar surface area (TPSA) is 146 Å². The molecule has 2 saturated carbocycles. The van der Waals surface area contributed by atoms with Gasteiger partial charge in [0.25, 0.3) is 0 Å². The number of nitrogens with one attached hydrogen (secondary N) is 1. The number of rotatable bonds is 10. The molecule has 11 nitrogen and oxygen atoms in total. The van der Waals surface area contributed by atoms with Crippen LogP contribution in [0.1, 0.15) is 52.9 Å². The summed E-state index contributed by atoms with van der Waals surface area (Å²) < 4.78 is 17.6. The van der Waals surface area contributed by atoms with E-state index in [0.717, 1.165) is 25.9 Å². The number of carbonyl (C=O) groups excluding carboxylic acids is 2. The third-order valence-electron chi connectivity index (χ3n) is 11.5. The van der Waals surface area contributed by atoms with Crippen LogP contribution in [-0.4, -0.2) is 121 Å². The zero-order chi connectivity index (χ0) is 29.7. The zero-order valence-corrected chi connectivity index (χ0v) is 25.1. The number of esters is 1. The molecule has 9 atom stereocenters. The molecule has 0 amide bonds. The van der Waals surface area contributed by atoms with Crippen LogP contribution in [0, 0.1) is 22.7 Å². The lowest BCUT2D eigenvalue weighted by Crippen LogP contribution is -2.68. The minimum Gasteiger partial charge on any atom is -0.458 e. The highest BCUT2D eigenvalue weighted by Crippen LogP contribution is 2.67. The van der Waals surface area contributed by atoms with Gasteiger partial charge in [-0.3, -0.25) is 14.7 Å². The number of ether oxygens (including phenoxy) is 3. The maximum absolute atomic E-state index is 13.2. The molecule has 6 unspecified atom stereocenters. The summed E-state index contributed by atoms with van der Waals surface area (Å²) in [5.41, 5.74) is -0.785. The lowest BCUT2D eigenvalue weighted by molar-refractivity contribution is -0.197. The number of nitrogens with zero attached hydrogens (tertiary/aromatic N) is 3. The number of hydrogen-bond acceptors (Lipinski definition) is 11. The van der Waals surface area contributed by atoms with Crippen LogP contribution in [0.15, 0.2) is 21.6 Å². The Morgan fingerprint density at radius 3 is 2.67 bits per heavy atom. The lowest BCUT2D eigenvalue weighted by atomic mass is 9.43. The highest BCUT2D eigenvalue weighted by Gasteiger charge is 2.71. The Bertz CT molecular complexity index is 1160. The fraction of sp³-hybridized carbons (Fsp3) is 0.806. The Labute approximate surface area is 247 Å². The molecule has 2 saturated heterocycles. The zero-order valence-electron chi connectivity index (χ0n) is 25.1. The molecule has 0 aromatic rings. The highest BCUT2D eigenvalue weighted by atomic mass is 16.6. The summed E-state index contributed by atoms with van der Waals surface area (Å²) in [5.74, 6) is 0.190. The Hall–Kier alpha value is -2.02. The van der Waals surface area contributed by atoms with Crippen LogP contribution in [0.3, 0.4) is 0 Å². The van der Waals surface area contributed by atoms with E-state index in [2.05, 4.69) is 27.1 Å². The van der Waals surface area contributed by atoms with Crippen molar-refractivity contribution in [2.75, 3.05) is 52.7 Å². The molecule has 6 aliphatic rings. The molecule has 0 aromatic heterocycles. The molecule has 3 N–H and O–H groups in total. The second-order valence-corrected chi connectivity index (χ2v) is 13.6. The van der Waals surface area contributed by atoms with Crippen molar-refractivity contribution in [1.82, 2.24) is 10.2 Å². The minimum absolute atomic E-state index is 0.00730. The molecule has 11 heteroatoms. The number of carbonyl (C=O) groups is 2. The molecule has 4 aliphatic heterocycles. The van der Waals surface area contributed by atoms with Gasteiger partial charge in [-0.05, 0) is 55.9 Å². The number of morpholine rings is 1. The van der Waals surface area contributed by atoms with Crippen LogP contribution in [0.2, 0.25) is 0 Å². The van der Waals surface area contributed by atoms with Crippen LogP contribution in [0.5, 0.6) is 0 Å². The number of ketones is 1. The van der Waals surface area contributed by atoms with Gasteiger partial charge in [0, 0.05) is 36.8 Å². The molecule has 4 fully saturated rings. The van der Waals surface area contributed by atoms with Crippen molar-refractivity contribution < 1.29 is 34.0 Å². The van der Waals surface area contributed by atoms with E-state index in [4.69, 9.17) is 14.2 Å². The number of hydrogen-bond donors (Lipinski definition) is 3. The predicted molar refractivity (Wildman–Crippen MR) is 155 cm³/mol. The normalized spacial score (nSPS) is 41.2. The number of amidine groups is 1. The molecule has 1 spiro atoms. The third-order valence-corrected chi connectivity index (χ3v) is 11.5. The average Bonchev–Trinajstić information content (AvgIpc) is 3.35. The Balaban J connectivity index is 1.34. The van der Waals surface area contributed by atoms with E-state index in [0.29, 0.717) is 50.6 Å². The number of fused-ring (bicyclic) bond motifs is 1. The summed E-state index contributed by atoms with van der Waals surface area (Å²) in [5, 5.41) is 25.5. The van der Waals surface area contributed by atoms with E-state index in [1.165, 1.54) is 0 Å². The Morgan fingerprint density at radius 1 is 1.29 bits per heavy atom. The summed E-state index contributed by atoms with van der Waals surface area (Å²) in [6.45, 7) is 10.4. The van der Waals surface area contributed by atoms with Crippen molar-refractivity contribution in [3.8, 4) is 0 Å². The maximum atomic E-state index is 13.2. The van der Waals surface area contributed by atoms with E-state index in [1.54, 1.807) is 6.21 Å². The fourth-order valence-corrected chi connectivity index (χ4v) is 8.93. The summed E-state index contributed by atoms with van der Waals surface area (Å²) in [6, 6.07) is -0.854. The molecule has 4 heterocycles. The first-order valence-corrected chi connectivity index (χ1v) is 15.6. The lowest BCUT2D eigenvalue weighted by Gasteiger charge is -2.64. The first-order valence-electron chi connectivity index (χ1n) is 15.6. The van der Waals surface area contributed by atoms with Gasteiger partial charge in [0.1, 0.15) is 18.0 Å². The monoisotopic (exact) mass is 586 g/mol. The van der Waals surface area contributed by atoms with Gasteiger partial charge >= 0.3 is 5.97 Å². The molecule has 0 radical (unpaired) electrons. The number of Topliss-reactive ketones (excluding diaryl/α,β-unsaturated/α-hetero) is 1. The van der Waals surface area contributed by atoms with E-state index in [1.807, 2.05) is 19.9 Å². The van der Waals surface area contributed by atoms with E-state index in [9.17, 15) is 19.8 Å². The van der Waals surface area contributed by atoms with Crippen molar-refractivity contribution in [3.63, 3.8) is 0 Å². The second kappa shape index (κ2) is 11.5. The largest absolute Gasteiger partial charge is 0.458 e. The Kier molecular flexibility index (Phi) is 8.21. The molecule has 0 aromatic carbocycles. The number of epoxide rings is 1. The summed E-state index contributed by atoms with van der Waals surface area (Å²) in [6.07, 6.45) is 5.86. The van der Waals surface area contributed by atoms with E-state index >= 15 is 0 Å². The fourth-order valence-electron chi connectivity index (χ4n) is 8.93. The van der Waals surface area contributed by atoms with Gasteiger partial charge in [0.05, 0.1) is 57.1 Å². The third kappa shape index (κ3) is 5.09. The van der Waals surface area contributed by atoms with E-state index in [-0.39, 0.29) is 54.7 Å². The van der Waals surface area contributed by atoms with Gasteiger partial charge in [-0.15, -0.1) is 0 Å². The van der Waals surface area contributed by atoms with Crippen LogP contribution in [0.25, 0.3) is 0 Å². The number of aliphatic hydroxyl groups is 2. The molecule has 2 aliphatic carbocycles. The van der Waals surface area contributed by atoms with Crippen LogP contribution >= 0.6 is 0 Å². The number of aliphatic imine (C=N–C) groups is 2. The maximum Gasteiger partial charge on any atom is 0.335 e. The number of cyclic esters (lactones) is 1. The highest BCUT2D eigenvalue weighted by molar-refractivity contribution is 6.07. The van der Waals surface area contributed by atoms with Crippen molar-refractivity contribution >= 4 is 23.8 Å². The van der Waals surface area contributed by atoms with Crippen molar-refractivity contribution in [2.45, 2.75) is 82.7 Å². The van der Waals surface area contributed by atoms with Gasteiger partial charge in [-0.1, -0.05) is 13.8 Å². The van der Waals surface area contributed by atoms with Crippen LogP contribution in [0.4, 0.5) is 0 Å². The summed E-state index contributed by atoms with van der Waals surface area (Å²) in [7, 11) is 0. The summed E-state index contributed by atoms with van der Waals surface area (Å²) >= 11 is 0. The van der Waals surface area contributed by atoms with E-state index < -0.39 is 29.2 Å². The van der Waals surface area contributed by atoms with Crippen molar-refractivity contribution in [1.29, 1.82) is 0 Å². The van der Waals surface area contributed by atoms with Crippen LogP contribution in [-0.2, 0) is 23.8 Å². The van der Waals surface area contributed by atoms with Crippen molar-refractivity contribution in [2.24, 2.45) is 32.7 Å². The molecule has 0 bridgehead atoms. The summed E-state index contributed by atoms with van der Waals surface area (Å²) in [4.78, 5) is 37.1. The molecule has 232 valence electrons. The van der Waals surface area contributed by atoms with Gasteiger partial charge in [0.2, 0.25) is 0 Å². The first-order chi connectivity index (χ1) is 20.1. The molecule has 6 rings (SSSR count). The molecular formula is C31H46N4O7.